The van der Waals surface area contributed by atoms with E-state index in [1.165, 1.54) is 11.8 Å². The number of nitrogens with two attached hydrogens (primary N) is 1. The maximum Gasteiger partial charge on any atom is 0.417 e. The van der Waals surface area contributed by atoms with Crippen molar-refractivity contribution in [3.63, 3.8) is 0 Å². The van der Waals surface area contributed by atoms with E-state index in [1.54, 1.807) is 6.92 Å². The van der Waals surface area contributed by atoms with E-state index >= 15 is 4.39 Å². The van der Waals surface area contributed by atoms with Gasteiger partial charge in [0.15, 0.2) is 6.17 Å². The fraction of sp³-hybridized carbons (Fsp3) is 0.625. The Bertz CT molecular complexity index is 1510. The zero-order valence-electron chi connectivity index (χ0n) is 26.5. The number of aromatic nitrogens is 2. The molecule has 2 aliphatic heterocycles. The lowest BCUT2D eigenvalue weighted by Gasteiger charge is -2.43. The molecule has 2 saturated heterocycles. The highest BCUT2D eigenvalue weighted by Gasteiger charge is 2.43. The number of aryl methyl sites for hydroxylation is 1. The zero-order valence-corrected chi connectivity index (χ0v) is 26.5. The molecule has 1 unspecified atom stereocenters. The predicted molar refractivity (Wildman–Crippen MR) is 162 cm³/mol. The number of nitriles is 1. The number of alkyl halides is 4. The molecule has 14 heteroatoms. The number of halogens is 5. The summed E-state index contributed by atoms with van der Waals surface area (Å²) in [5.41, 5.74) is 5.03. The first-order valence-corrected chi connectivity index (χ1v) is 15.7. The van der Waals surface area contributed by atoms with Gasteiger partial charge in [-0.05, 0) is 76.6 Å². The Morgan fingerprint density at radius 1 is 1.22 bits per heavy atom. The number of hydrogen-bond donors (Lipinski definition) is 1. The van der Waals surface area contributed by atoms with Crippen LogP contribution in [0.2, 0.25) is 0 Å². The van der Waals surface area contributed by atoms with Gasteiger partial charge in [0, 0.05) is 36.8 Å². The van der Waals surface area contributed by atoms with Crippen molar-refractivity contribution in [1.29, 1.82) is 5.26 Å². The minimum absolute atomic E-state index is 0.00591. The summed E-state index contributed by atoms with van der Waals surface area (Å²) in [4.78, 5) is 27.5. The number of piperazine rings is 1. The molecule has 46 heavy (non-hydrogen) atoms. The highest BCUT2D eigenvalue weighted by atomic mass is 19.4. The number of likely N-dealkylation sites (tertiary alicyclic amines) is 1. The molecular weight excluding hydrogens is 609 g/mol. The van der Waals surface area contributed by atoms with Crippen molar-refractivity contribution in [2.45, 2.75) is 83.2 Å². The number of hydrogen-bond acceptors (Lipinski definition) is 8. The van der Waals surface area contributed by atoms with E-state index in [-0.39, 0.29) is 62.2 Å². The van der Waals surface area contributed by atoms with Crippen LogP contribution in [0.25, 0.3) is 0 Å². The number of nitrogens with zero attached hydrogens (tertiary/aromatic N) is 6. The quantitative estimate of drug-likeness (QED) is 0.336. The highest BCUT2D eigenvalue weighted by molar-refractivity contribution is 5.81. The number of carbonyl (C=O) groups excluding carboxylic acids is 1. The molecule has 3 aliphatic rings. The first-order valence-electron chi connectivity index (χ1n) is 15.7. The molecule has 5 rings (SSSR count). The number of nitrogen functional groups attached to an aromatic ring is 1. The summed E-state index contributed by atoms with van der Waals surface area (Å²) in [6.45, 7) is 6.09. The Labute approximate surface area is 265 Å². The van der Waals surface area contributed by atoms with E-state index in [2.05, 4.69) is 16.0 Å². The highest BCUT2D eigenvalue weighted by Crippen LogP contribution is 2.47. The van der Waals surface area contributed by atoms with Crippen molar-refractivity contribution in [2.75, 3.05) is 50.5 Å². The van der Waals surface area contributed by atoms with Gasteiger partial charge in [0.1, 0.15) is 18.2 Å². The van der Waals surface area contributed by atoms with E-state index < -0.39 is 53.1 Å². The molecule has 1 aliphatic carbocycles. The van der Waals surface area contributed by atoms with Gasteiger partial charge in [-0.3, -0.25) is 4.79 Å². The number of fused-ring (bicyclic) bond motifs is 1. The summed E-state index contributed by atoms with van der Waals surface area (Å²) < 4.78 is 78.7. The Morgan fingerprint density at radius 3 is 2.59 bits per heavy atom. The van der Waals surface area contributed by atoms with Crippen LogP contribution in [0, 0.1) is 30.0 Å². The molecule has 2 aromatic rings. The van der Waals surface area contributed by atoms with E-state index in [4.69, 9.17) is 15.5 Å². The Hall–Kier alpha value is -3.73. The molecule has 5 atom stereocenters. The summed E-state index contributed by atoms with van der Waals surface area (Å²) in [5.74, 6) is -2.60. The zero-order chi connectivity index (χ0) is 33.5. The van der Waals surface area contributed by atoms with Crippen LogP contribution in [0.1, 0.15) is 67.0 Å². The van der Waals surface area contributed by atoms with Crippen molar-refractivity contribution >= 4 is 17.4 Å². The minimum Gasteiger partial charge on any atom is -0.462 e. The average molecular weight is 650 g/mol. The van der Waals surface area contributed by atoms with Crippen molar-refractivity contribution < 1.29 is 31.5 Å². The van der Waals surface area contributed by atoms with Gasteiger partial charge in [-0.2, -0.15) is 28.4 Å². The van der Waals surface area contributed by atoms with Gasteiger partial charge in [0.2, 0.25) is 0 Å². The maximum absolute atomic E-state index is 15.6. The van der Waals surface area contributed by atoms with Crippen LogP contribution in [0.15, 0.2) is 6.07 Å². The number of likely N-dealkylation sites (N-methyl/N-ethyl adjacent to an activating group) is 1. The van der Waals surface area contributed by atoms with Gasteiger partial charge in [0.25, 0.3) is 5.91 Å². The van der Waals surface area contributed by atoms with Crippen LogP contribution in [0.4, 0.5) is 33.5 Å². The summed E-state index contributed by atoms with van der Waals surface area (Å²) in [6, 6.07) is 2.70. The topological polar surface area (TPSA) is 112 Å². The smallest absolute Gasteiger partial charge is 0.417 e. The van der Waals surface area contributed by atoms with Gasteiger partial charge in [0.05, 0.1) is 35.5 Å². The second-order valence-corrected chi connectivity index (χ2v) is 12.8. The number of rotatable bonds is 7. The van der Waals surface area contributed by atoms with E-state index in [0.717, 1.165) is 32.4 Å². The summed E-state index contributed by atoms with van der Waals surface area (Å²) in [5, 5.41) is 9.49. The number of benzene rings is 1. The van der Waals surface area contributed by atoms with Crippen LogP contribution in [-0.2, 0) is 23.8 Å². The van der Waals surface area contributed by atoms with Crippen LogP contribution in [-0.4, -0.2) is 83.8 Å². The van der Waals surface area contributed by atoms with Gasteiger partial charge in [-0.25, -0.2) is 8.78 Å². The fourth-order valence-electron chi connectivity index (χ4n) is 7.24. The molecule has 250 valence electrons. The standard InChI is InChI=1S/C32H40F5N7O2/c1-17-12-23-25(14-22(17)26-27(32(35,36)37)18(2)13-24(39)28(26)34)40-31(46-16-21-6-5-9-42(21)4)41-29(23)43-10-11-44(30(45)19(3)33)20(15-43)7-8-38/h13,17,19-22H,5-7,9-12,14-16,39H2,1-4H3/t17-,19?,20-,21+,22-/m1/s1. The van der Waals surface area contributed by atoms with Gasteiger partial charge in [-0.1, -0.05) is 6.92 Å². The summed E-state index contributed by atoms with van der Waals surface area (Å²) in [7, 11) is 2.00. The number of amides is 1. The molecule has 1 amide bonds. The molecule has 2 N–H and O–H groups in total. The molecule has 2 fully saturated rings. The minimum atomic E-state index is -4.80. The van der Waals surface area contributed by atoms with Crippen molar-refractivity contribution in [3.8, 4) is 12.1 Å². The van der Waals surface area contributed by atoms with Crippen LogP contribution >= 0.6 is 0 Å². The second-order valence-electron chi connectivity index (χ2n) is 12.8. The molecule has 9 nitrogen and oxygen atoms in total. The van der Waals surface area contributed by atoms with Crippen LogP contribution in [0.5, 0.6) is 6.01 Å². The van der Waals surface area contributed by atoms with Crippen molar-refractivity contribution in [1.82, 2.24) is 19.8 Å². The lowest BCUT2D eigenvalue weighted by atomic mass is 9.73. The third-order valence-corrected chi connectivity index (χ3v) is 9.67. The first-order chi connectivity index (χ1) is 21.7. The van der Waals surface area contributed by atoms with Crippen molar-refractivity contribution in [2.24, 2.45) is 5.92 Å². The predicted octanol–water partition coefficient (Wildman–Crippen LogP) is 4.81. The lowest BCUT2D eigenvalue weighted by molar-refractivity contribution is -0.139. The molecule has 1 aromatic heterocycles. The normalized spacial score (nSPS) is 24.4. The number of anilines is 2. The summed E-state index contributed by atoms with van der Waals surface area (Å²) in [6.07, 6.45) is -4.34. The third kappa shape index (κ3) is 6.56. The molecule has 0 bridgehead atoms. The molecule has 1 aromatic carbocycles. The fourth-order valence-corrected chi connectivity index (χ4v) is 7.24. The molecule has 3 heterocycles. The SMILES string of the molecule is Cc1cc(N)c(F)c([C@@H]2Cc3nc(OC[C@@H]4CCCN4C)nc(N4CCN(C(=O)C(C)F)[C@H](CC#N)C4)c3C[C@H]2C)c1C(F)(F)F. The Morgan fingerprint density at radius 2 is 1.96 bits per heavy atom. The summed E-state index contributed by atoms with van der Waals surface area (Å²) >= 11 is 0. The average Bonchev–Trinajstić information content (AvgIpc) is 3.40. The number of ether oxygens (including phenoxy) is 1. The van der Waals surface area contributed by atoms with Crippen LogP contribution < -0.4 is 15.4 Å². The monoisotopic (exact) mass is 649 g/mol. The Kier molecular flexibility index (Phi) is 9.63. The largest absolute Gasteiger partial charge is 0.462 e. The number of carbonyl (C=O) groups is 1. The Balaban J connectivity index is 1.56. The second kappa shape index (κ2) is 13.2. The maximum atomic E-state index is 15.6. The van der Waals surface area contributed by atoms with Crippen LogP contribution in [0.3, 0.4) is 0 Å². The van der Waals surface area contributed by atoms with Gasteiger partial charge >= 0.3 is 12.2 Å². The molecule has 0 spiro atoms. The third-order valence-electron chi connectivity index (χ3n) is 9.67. The van der Waals surface area contributed by atoms with E-state index in [9.17, 15) is 27.6 Å². The molecule has 0 saturated carbocycles. The molecule has 0 radical (unpaired) electrons. The van der Waals surface area contributed by atoms with E-state index in [0.29, 0.717) is 23.7 Å². The van der Waals surface area contributed by atoms with E-state index in [1.807, 2.05) is 11.9 Å². The molecular formula is C32H40F5N7O2. The first kappa shape index (κ1) is 33.6. The lowest BCUT2D eigenvalue weighted by Crippen LogP contribution is -2.57. The van der Waals surface area contributed by atoms with Crippen molar-refractivity contribution in [3.05, 3.63) is 39.8 Å². The van der Waals surface area contributed by atoms with Gasteiger partial charge < -0.3 is 25.2 Å². The van der Waals surface area contributed by atoms with Gasteiger partial charge in [-0.15, -0.1) is 0 Å².